The van der Waals surface area contributed by atoms with Crippen molar-refractivity contribution in [2.45, 2.75) is 24.5 Å². The van der Waals surface area contributed by atoms with Crippen LogP contribution in [0.3, 0.4) is 0 Å². The maximum absolute atomic E-state index is 12.9. The van der Waals surface area contributed by atoms with E-state index in [1.165, 1.54) is 42.5 Å². The molecule has 0 bridgehead atoms. The predicted octanol–water partition coefficient (Wildman–Crippen LogP) is 1.65. The first-order valence-electron chi connectivity index (χ1n) is 18.6. The summed E-state index contributed by atoms with van der Waals surface area (Å²) >= 11 is 6.15. The molecule has 0 aliphatic rings. The second-order valence-electron chi connectivity index (χ2n) is 14.0. The number of benzene rings is 5. The third-order valence-corrected chi connectivity index (χ3v) is 14.5. The van der Waals surface area contributed by atoms with Crippen molar-refractivity contribution in [1.29, 1.82) is 0 Å². The van der Waals surface area contributed by atoms with Crippen LogP contribution >= 0.6 is 11.6 Å². The summed E-state index contributed by atoms with van der Waals surface area (Å²) in [5, 5.41) is 21.8. The largest absolute Gasteiger partial charge is 1.00 e. The van der Waals surface area contributed by atoms with Crippen LogP contribution in [0.25, 0.3) is 10.8 Å². The summed E-state index contributed by atoms with van der Waals surface area (Å²) in [6, 6.07) is 11.6. The normalized spacial score (nSPS) is 12.7. The molecule has 0 aliphatic heterocycles. The molecule has 0 saturated heterocycles. The van der Waals surface area contributed by atoms with E-state index in [0.717, 1.165) is 12.1 Å². The fraction of sp³-hybridized carbons (Fsp3) is 0.0588. The monoisotopic (exact) mass is 1160 g/mol. The van der Waals surface area contributed by atoms with Gasteiger partial charge in [0.2, 0.25) is 17.2 Å². The van der Waals surface area contributed by atoms with E-state index in [4.69, 9.17) is 27.6 Å². The van der Waals surface area contributed by atoms with Crippen LogP contribution in [0.1, 0.15) is 0 Å². The summed E-state index contributed by atoms with van der Waals surface area (Å²) < 4.78 is 197. The van der Waals surface area contributed by atoms with Gasteiger partial charge in [-0.1, -0.05) is 0 Å². The number of nitrogens with two attached hydrogens (primary N) is 2. The van der Waals surface area contributed by atoms with E-state index < -0.39 is 131 Å². The van der Waals surface area contributed by atoms with Gasteiger partial charge in [0.05, 0.1) is 28.6 Å². The maximum atomic E-state index is 12.9. The Kier molecular flexibility index (Phi) is 17.3. The van der Waals surface area contributed by atoms with Crippen LogP contribution in [0.4, 0.5) is 62.2 Å². The number of rotatable bonds is 18. The van der Waals surface area contributed by atoms with Crippen molar-refractivity contribution in [3.05, 3.63) is 84.1 Å². The van der Waals surface area contributed by atoms with Crippen molar-refractivity contribution in [2.24, 2.45) is 26.2 Å². The number of anilines is 6. The van der Waals surface area contributed by atoms with Crippen molar-refractivity contribution in [2.75, 3.05) is 34.0 Å². The SMILES string of the molecule is NC(=O)Nc1cc(Nc2nc(Cl)nc(Nc3ccc(N=Nc4cc(N)c(S(=O)(=O)O)cc4S(=O)(=O)OCCS(=O)(=O)O)cc3)n2)ccc1N=Nc1cc2c(S(=O)(=O)O)cc(S(=O)(=O)O)cc2cc1S(=O)(=O)O.[Na+]. The Hall–Kier alpha value is -6.01. The summed E-state index contributed by atoms with van der Waals surface area (Å²) in [5.74, 6) is -1.54. The number of nitrogens with zero attached hydrogens (tertiary/aromatic N) is 7. The van der Waals surface area contributed by atoms with Crippen LogP contribution < -0.4 is 57.0 Å². The zero-order valence-corrected chi connectivity index (χ0v) is 43.6. The first kappa shape index (κ1) is 57.9. The molecule has 382 valence electrons. The number of nitrogens with one attached hydrogen (secondary N) is 3. The van der Waals surface area contributed by atoms with Crippen LogP contribution in [0.5, 0.6) is 0 Å². The van der Waals surface area contributed by atoms with E-state index in [1.54, 1.807) is 0 Å². The van der Waals surface area contributed by atoms with Gasteiger partial charge in [-0.3, -0.25) is 26.9 Å². The van der Waals surface area contributed by atoms with Crippen molar-refractivity contribution in [3.63, 3.8) is 0 Å². The Labute approximate surface area is 438 Å². The standard InChI is InChI=1S/C34H29ClN12O19S6.Na/c35-31-41-33(38-17-1-3-18(4-2-17)44-46-26-14-22(36)28(70(58,59)60)15-30(26)72(64,65)66-7-8-67(49,50)51)43-34(42-31)39-19-5-6-23(24(11-19)40-32(37)48)45-47-25-13-21-16(10-29(25)71(61,62)63)9-20(68(52,53)54)12-27(21)69(55,56)57;/h1-6,9-15H,7-8,36H2,(H3,37,40,48)(H,49,50,51)(H,52,53,54)(H,55,56,57)(H,58,59,60)(H,61,62,63)(H2,38,39,41,42,43);/q;+1. The molecule has 31 nitrogen and oxygen atoms in total. The van der Waals surface area contributed by atoms with Crippen LogP contribution in [0.2, 0.25) is 5.28 Å². The third kappa shape index (κ3) is 15.3. The van der Waals surface area contributed by atoms with E-state index in [0.29, 0.717) is 24.3 Å². The zero-order chi connectivity index (χ0) is 53.4. The van der Waals surface area contributed by atoms with E-state index in [9.17, 15) is 73.5 Å². The number of amides is 2. The van der Waals surface area contributed by atoms with Gasteiger partial charge in [0.25, 0.3) is 60.7 Å². The molecule has 5 aromatic carbocycles. The molecular weight excluding hydrogens is 1130 g/mol. The summed E-state index contributed by atoms with van der Waals surface area (Å²) in [7, 11) is -30.4. The number of azo groups is 2. The number of carbonyl (C=O) groups excluding carboxylic acids is 1. The average Bonchev–Trinajstić information content (AvgIpc) is 3.22. The number of fused-ring (bicyclic) bond motifs is 1. The number of hydrogen-bond donors (Lipinski definition) is 10. The summed E-state index contributed by atoms with van der Waals surface area (Å²) in [5.41, 5.74) is 9.00. The molecule has 2 amide bonds. The van der Waals surface area contributed by atoms with Gasteiger partial charge in [0.1, 0.15) is 42.4 Å². The Morgan fingerprint density at radius 3 is 1.71 bits per heavy atom. The first-order chi connectivity index (χ1) is 33.2. The molecule has 0 fully saturated rings. The summed E-state index contributed by atoms with van der Waals surface area (Å²) in [4.78, 5) is 18.9. The molecule has 39 heteroatoms. The number of aromatic nitrogens is 3. The van der Waals surface area contributed by atoms with Crippen LogP contribution in [-0.4, -0.2) is 107 Å². The van der Waals surface area contributed by atoms with Crippen molar-refractivity contribution >= 4 is 147 Å². The average molecular weight is 1160 g/mol. The molecule has 6 rings (SSSR count). The molecule has 0 atom stereocenters. The van der Waals surface area contributed by atoms with Crippen molar-refractivity contribution in [1.82, 2.24) is 15.0 Å². The van der Waals surface area contributed by atoms with Gasteiger partial charge in [-0.05, 0) is 95.8 Å². The predicted molar refractivity (Wildman–Crippen MR) is 249 cm³/mol. The minimum absolute atomic E-state index is 0. The quantitative estimate of drug-likeness (QED) is 0.0192. The smallest absolute Gasteiger partial charge is 0.398 e. The molecule has 6 aromatic rings. The first-order valence-corrected chi connectivity index (χ1v) is 27.7. The van der Waals surface area contributed by atoms with Gasteiger partial charge in [-0.15, -0.1) is 15.3 Å². The van der Waals surface area contributed by atoms with Crippen molar-refractivity contribution < 1.29 is 112 Å². The maximum Gasteiger partial charge on any atom is 1.00 e. The van der Waals surface area contributed by atoms with E-state index in [2.05, 4.69) is 55.5 Å². The second kappa shape index (κ2) is 21.8. The number of nitrogen functional groups attached to an aromatic ring is 1. The molecule has 0 saturated carbocycles. The Morgan fingerprint density at radius 2 is 1.15 bits per heavy atom. The van der Waals surface area contributed by atoms with E-state index in [-0.39, 0.29) is 75.2 Å². The molecule has 0 unspecified atom stereocenters. The summed E-state index contributed by atoms with van der Waals surface area (Å²) in [6.45, 7) is -1.09. The number of urea groups is 1. The van der Waals surface area contributed by atoms with Gasteiger partial charge in [0, 0.05) is 16.8 Å². The molecule has 0 spiro atoms. The summed E-state index contributed by atoms with van der Waals surface area (Å²) in [6.07, 6.45) is 0. The minimum Gasteiger partial charge on any atom is -0.398 e. The Balaban J connectivity index is 0.00000988. The van der Waals surface area contributed by atoms with Gasteiger partial charge in [0.15, 0.2) is 0 Å². The van der Waals surface area contributed by atoms with Gasteiger partial charge in [-0.25, -0.2) is 4.79 Å². The van der Waals surface area contributed by atoms with Gasteiger partial charge >= 0.3 is 35.6 Å². The molecular formula is C34H29ClN12NaO19S6+. The van der Waals surface area contributed by atoms with Gasteiger partial charge in [-0.2, -0.15) is 70.6 Å². The fourth-order valence-electron chi connectivity index (χ4n) is 5.83. The minimum atomic E-state index is -5.26. The molecule has 73 heavy (non-hydrogen) atoms. The zero-order valence-electron chi connectivity index (χ0n) is 36.0. The molecule has 1 aromatic heterocycles. The Bertz CT molecular complexity index is 3990. The van der Waals surface area contributed by atoms with Crippen LogP contribution in [0, 0.1) is 0 Å². The number of hydrogen-bond acceptors (Lipinski definition) is 24. The Morgan fingerprint density at radius 1 is 0.603 bits per heavy atom. The van der Waals surface area contributed by atoms with E-state index >= 15 is 0 Å². The number of primary amides is 1. The molecule has 12 N–H and O–H groups in total. The van der Waals surface area contributed by atoms with E-state index in [1.807, 2.05) is 0 Å². The van der Waals surface area contributed by atoms with Gasteiger partial charge < -0.3 is 27.4 Å². The number of carbonyl (C=O) groups is 1. The molecule has 1 heterocycles. The molecule has 0 aliphatic carbocycles. The second-order valence-corrected chi connectivity index (χ2v) is 23.0. The topological polar surface area (TPSA) is 509 Å². The van der Waals surface area contributed by atoms with Crippen LogP contribution in [-0.2, 0) is 64.9 Å². The van der Waals surface area contributed by atoms with Crippen LogP contribution in [0.15, 0.2) is 124 Å². The fourth-order valence-corrected chi connectivity index (χ4v) is 10.1. The van der Waals surface area contributed by atoms with Crippen molar-refractivity contribution in [3.8, 4) is 0 Å². The number of halogens is 1. The molecule has 0 radical (unpaired) electrons. The third-order valence-electron chi connectivity index (χ3n) is 8.82.